The smallest absolute Gasteiger partial charge is 0.0558 e. The molecule has 5 heterocycles. The summed E-state index contributed by atoms with van der Waals surface area (Å²) < 4.78 is 0. The van der Waals surface area contributed by atoms with Crippen LogP contribution >= 0.6 is 0 Å². The van der Waals surface area contributed by atoms with Gasteiger partial charge in [0.2, 0.25) is 0 Å². The second kappa shape index (κ2) is 51.8. The van der Waals surface area contributed by atoms with Crippen molar-refractivity contribution < 1.29 is 5.11 Å². The molecule has 0 aromatic carbocycles. The maximum Gasteiger partial charge on any atom is 0.0558 e. The van der Waals surface area contributed by atoms with E-state index in [2.05, 4.69) is 192 Å². The Labute approximate surface area is 506 Å². The second-order valence-corrected chi connectivity index (χ2v) is 29.9. The van der Waals surface area contributed by atoms with Crippen LogP contribution in [0, 0.1) is 58.7 Å². The maximum absolute atomic E-state index is 8.81. The van der Waals surface area contributed by atoms with Crippen LogP contribution in [0.15, 0.2) is 0 Å². The SMILES string of the molecule is CC(C)CCN1CC(C)C1.CC(C)CCN1CCC(C)(C)CC1.CC(C)CCN1CCC(C)C1.CC(C)CCN1CCCCC1.CC(C)CCN1CCN(CCO)CC1.CCCN(C)CCC(C)C.CCCN(CC)CCC(C)C. The van der Waals surface area contributed by atoms with Crippen LogP contribution in [0.25, 0.3) is 0 Å². The molecule has 5 saturated heterocycles. The number of hydrogen-bond acceptors (Lipinski definition) is 9. The van der Waals surface area contributed by atoms with E-state index in [1.54, 1.807) is 0 Å². The van der Waals surface area contributed by atoms with Gasteiger partial charge in [0, 0.05) is 52.4 Å². The van der Waals surface area contributed by atoms with Crippen molar-refractivity contribution in [3.8, 4) is 0 Å². The molecule has 0 saturated carbocycles. The molecule has 0 radical (unpaired) electrons. The summed E-state index contributed by atoms with van der Waals surface area (Å²) >= 11 is 0. The minimum absolute atomic E-state index is 0.298. The Bertz CT molecular complexity index is 1220. The molecule has 9 nitrogen and oxygen atoms in total. The van der Waals surface area contributed by atoms with Crippen molar-refractivity contribution in [2.75, 3.05) is 164 Å². The van der Waals surface area contributed by atoms with E-state index in [0.29, 0.717) is 12.0 Å². The fourth-order valence-corrected chi connectivity index (χ4v) is 10.5. The lowest BCUT2D eigenvalue weighted by atomic mass is 9.82. The van der Waals surface area contributed by atoms with Crippen LogP contribution in [-0.2, 0) is 0 Å². The highest BCUT2D eigenvalue weighted by Gasteiger charge is 2.25. The molecule has 0 aromatic rings. The van der Waals surface area contributed by atoms with Crippen LogP contribution in [0.5, 0.6) is 0 Å². The van der Waals surface area contributed by atoms with Crippen LogP contribution in [0.1, 0.15) is 242 Å². The summed E-state index contributed by atoms with van der Waals surface area (Å²) in [5.74, 6) is 7.88. The fourth-order valence-electron chi connectivity index (χ4n) is 10.5. The van der Waals surface area contributed by atoms with Gasteiger partial charge in [-0.25, -0.2) is 0 Å². The maximum atomic E-state index is 8.81. The fraction of sp³-hybridized carbons (Fsp3) is 1.00. The van der Waals surface area contributed by atoms with E-state index in [9.17, 15) is 0 Å². The van der Waals surface area contributed by atoms with Gasteiger partial charge in [-0.1, -0.05) is 152 Å². The minimum atomic E-state index is 0.298. The molecule has 484 valence electrons. The first-order valence-corrected chi connectivity index (χ1v) is 35.1. The average molecular weight is 1140 g/mol. The number of rotatable bonds is 28. The summed E-state index contributed by atoms with van der Waals surface area (Å²) in [7, 11) is 2.20. The minimum Gasteiger partial charge on any atom is -0.395 e. The van der Waals surface area contributed by atoms with Gasteiger partial charge in [-0.3, -0.25) is 4.90 Å². The third-order valence-corrected chi connectivity index (χ3v) is 17.0. The third kappa shape index (κ3) is 53.1. The van der Waals surface area contributed by atoms with Gasteiger partial charge in [-0.05, 0) is 254 Å². The number of piperazine rings is 1. The summed E-state index contributed by atoms with van der Waals surface area (Å²) in [6.07, 6.45) is 20.5. The van der Waals surface area contributed by atoms with E-state index in [1.165, 1.54) is 227 Å². The zero-order chi connectivity index (χ0) is 60.9. The van der Waals surface area contributed by atoms with Crippen molar-refractivity contribution in [3.63, 3.8) is 0 Å². The molecule has 1 atom stereocenters. The molecule has 9 heteroatoms. The molecule has 0 spiro atoms. The highest BCUT2D eigenvalue weighted by atomic mass is 16.3. The van der Waals surface area contributed by atoms with Crippen molar-refractivity contribution in [3.05, 3.63) is 0 Å². The average Bonchev–Trinajstić information content (AvgIpc) is 3.82. The predicted octanol–water partition coefficient (Wildman–Crippen LogP) is 15.8. The quantitative estimate of drug-likeness (QED) is 0.0825. The summed E-state index contributed by atoms with van der Waals surface area (Å²) in [5, 5.41) is 8.81. The first kappa shape index (κ1) is 81.7. The summed E-state index contributed by atoms with van der Waals surface area (Å²) in [4.78, 5) is 20.2. The molecule has 0 aromatic heterocycles. The first-order chi connectivity index (χ1) is 37.7. The topological polar surface area (TPSA) is 46.2 Å². The largest absolute Gasteiger partial charge is 0.395 e. The summed E-state index contributed by atoms with van der Waals surface area (Å²) in [6.45, 7) is 77.6. The second-order valence-electron chi connectivity index (χ2n) is 29.9. The van der Waals surface area contributed by atoms with Gasteiger partial charge in [-0.2, -0.15) is 0 Å². The zero-order valence-electron chi connectivity index (χ0n) is 59.3. The third-order valence-electron chi connectivity index (χ3n) is 17.0. The van der Waals surface area contributed by atoms with Crippen LogP contribution in [0.2, 0.25) is 0 Å². The molecule has 0 aliphatic carbocycles. The van der Waals surface area contributed by atoms with Crippen molar-refractivity contribution in [2.24, 2.45) is 58.7 Å². The van der Waals surface area contributed by atoms with Crippen molar-refractivity contribution in [2.45, 2.75) is 242 Å². The number of aliphatic hydroxyl groups excluding tert-OH is 1. The van der Waals surface area contributed by atoms with Gasteiger partial charge in [0.05, 0.1) is 6.61 Å². The Morgan fingerprint density at radius 1 is 0.400 bits per heavy atom. The summed E-state index contributed by atoms with van der Waals surface area (Å²) in [5.41, 5.74) is 0.605. The molecule has 1 unspecified atom stereocenters. The molecule has 5 fully saturated rings. The molecule has 1 N–H and O–H groups in total. The number of β-amino-alcohol motifs (C(OH)–C–C–N with tert-alkyl or cyclic N) is 1. The van der Waals surface area contributed by atoms with Crippen molar-refractivity contribution in [1.29, 1.82) is 0 Å². The van der Waals surface area contributed by atoms with Gasteiger partial charge in [-0.15, -0.1) is 0 Å². The monoisotopic (exact) mass is 1140 g/mol. The lowest BCUT2D eigenvalue weighted by Gasteiger charge is -2.37. The molecule has 5 aliphatic heterocycles. The van der Waals surface area contributed by atoms with Crippen molar-refractivity contribution in [1.82, 2.24) is 39.2 Å². The first-order valence-electron chi connectivity index (χ1n) is 35.1. The Morgan fingerprint density at radius 3 is 1.12 bits per heavy atom. The number of aliphatic hydroxyl groups is 1. The molecule has 0 amide bonds. The normalized spacial score (nSPS) is 19.7. The number of piperidine rings is 2. The van der Waals surface area contributed by atoms with Crippen LogP contribution in [0.4, 0.5) is 0 Å². The van der Waals surface area contributed by atoms with Gasteiger partial charge in [0.1, 0.15) is 0 Å². The van der Waals surface area contributed by atoms with Crippen LogP contribution in [-0.4, -0.2) is 208 Å². The Hall–Kier alpha value is -0.360. The molecule has 5 rings (SSSR count). The zero-order valence-corrected chi connectivity index (χ0v) is 59.3. The van der Waals surface area contributed by atoms with E-state index >= 15 is 0 Å². The predicted molar refractivity (Wildman–Crippen MR) is 362 cm³/mol. The highest BCUT2D eigenvalue weighted by molar-refractivity contribution is 4.79. The Kier molecular flexibility index (Phi) is 52.9. The number of hydrogen-bond donors (Lipinski definition) is 1. The molecule has 80 heavy (non-hydrogen) atoms. The highest BCUT2D eigenvalue weighted by Crippen LogP contribution is 2.30. The standard InChI is InChI=1S/C12H25N.C11H24N2O.2C10H21N.C10H23N.C9H19N.C9H21N/c1-11(2)5-8-13-9-6-12(3,4)7-10-13;1-11(2)3-4-12-5-7-13(8-6-12)9-10-14;1-9(2)4-6-11-7-5-10(3)8-11;1-10(2)6-9-11-7-4-3-5-8-11;1-5-8-11(6-2)9-7-10(3)4;1-8(2)4-5-10-6-9(3)7-10;1-5-7-10(4)8-6-9(2)3/h11H,5-10H2,1-4H3;11,14H,3-10H2,1-2H3;9-10H,4-8H2,1-3H3;10H,3-9H2,1-2H3;10H,5-9H2,1-4H3;8-9H,4-7H2,1-3H3;9H,5-8H2,1-4H3. The molecular weight excluding hydrogens is 981 g/mol. The summed E-state index contributed by atoms with van der Waals surface area (Å²) in [6, 6.07) is 0. The van der Waals surface area contributed by atoms with Gasteiger partial charge < -0.3 is 39.4 Å². The molecular formula is C71H154N8O. The van der Waals surface area contributed by atoms with Crippen LogP contribution in [0.3, 0.4) is 0 Å². The van der Waals surface area contributed by atoms with E-state index < -0.39 is 0 Å². The van der Waals surface area contributed by atoms with E-state index in [-0.39, 0.29) is 0 Å². The van der Waals surface area contributed by atoms with E-state index in [1.807, 2.05) is 0 Å². The Morgan fingerprint density at radius 2 is 0.762 bits per heavy atom. The van der Waals surface area contributed by atoms with Gasteiger partial charge in [0.15, 0.2) is 0 Å². The lowest BCUT2D eigenvalue weighted by Crippen LogP contribution is -2.47. The van der Waals surface area contributed by atoms with E-state index in [0.717, 1.165) is 72.9 Å². The number of likely N-dealkylation sites (tertiary alicyclic amines) is 4. The van der Waals surface area contributed by atoms with E-state index in [4.69, 9.17) is 5.11 Å². The number of nitrogens with zero attached hydrogens (tertiary/aromatic N) is 8. The van der Waals surface area contributed by atoms with Gasteiger partial charge in [0.25, 0.3) is 0 Å². The Balaban J connectivity index is 0. The molecule has 5 aliphatic rings. The molecule has 0 bridgehead atoms. The lowest BCUT2D eigenvalue weighted by molar-refractivity contribution is 0.107. The van der Waals surface area contributed by atoms with Gasteiger partial charge >= 0.3 is 0 Å². The van der Waals surface area contributed by atoms with Crippen molar-refractivity contribution >= 4 is 0 Å². The van der Waals surface area contributed by atoms with Crippen LogP contribution < -0.4 is 0 Å².